The summed E-state index contributed by atoms with van der Waals surface area (Å²) in [6, 6.07) is 13.5. The van der Waals surface area contributed by atoms with Crippen LogP contribution in [-0.4, -0.2) is 30.8 Å². The maximum Gasteiger partial charge on any atom is 0.344 e. The lowest BCUT2D eigenvalue weighted by atomic mass is 10.1. The number of thioether (sulfide) groups is 1. The van der Waals surface area contributed by atoms with E-state index in [0.717, 1.165) is 12.0 Å². The van der Waals surface area contributed by atoms with Crippen molar-refractivity contribution < 1.29 is 27.8 Å². The molecule has 8 heteroatoms. The van der Waals surface area contributed by atoms with E-state index in [0.29, 0.717) is 17.5 Å². The number of ether oxygens (including phenoxy) is 2. The summed E-state index contributed by atoms with van der Waals surface area (Å²) in [6.07, 6.45) is 0.754. The number of alkyl halides is 2. The number of esters is 1. The number of halogens is 2. The monoisotopic (exact) mass is 395 g/mol. The molecule has 1 N–H and O–H groups in total. The number of anilines is 1. The minimum atomic E-state index is -2.61. The van der Waals surface area contributed by atoms with E-state index in [1.54, 1.807) is 24.3 Å². The number of benzene rings is 2. The maximum atomic E-state index is 12.5. The fourth-order valence-corrected chi connectivity index (χ4v) is 2.81. The molecule has 0 atom stereocenters. The molecule has 0 aromatic heterocycles. The first kappa shape index (κ1) is 20.7. The van der Waals surface area contributed by atoms with Crippen LogP contribution in [0.4, 0.5) is 14.5 Å². The molecule has 0 radical (unpaired) electrons. The van der Waals surface area contributed by atoms with E-state index in [4.69, 9.17) is 9.47 Å². The third-order valence-electron chi connectivity index (χ3n) is 3.44. The lowest BCUT2D eigenvalue weighted by Gasteiger charge is -2.11. The molecule has 0 saturated carbocycles. The zero-order valence-corrected chi connectivity index (χ0v) is 15.4. The van der Waals surface area contributed by atoms with Gasteiger partial charge < -0.3 is 14.8 Å². The van der Waals surface area contributed by atoms with Gasteiger partial charge in [-0.05, 0) is 30.2 Å². The van der Waals surface area contributed by atoms with Crippen LogP contribution in [0.15, 0.2) is 53.4 Å². The van der Waals surface area contributed by atoms with Crippen LogP contribution in [-0.2, 0) is 20.7 Å². The third kappa shape index (κ3) is 6.90. The Kier molecular flexibility index (Phi) is 8.06. The Morgan fingerprint density at radius 1 is 1.07 bits per heavy atom. The van der Waals surface area contributed by atoms with Gasteiger partial charge in [-0.25, -0.2) is 4.79 Å². The van der Waals surface area contributed by atoms with Crippen LogP contribution in [0.2, 0.25) is 0 Å². The summed E-state index contributed by atoms with van der Waals surface area (Å²) in [5.41, 5.74) is 1.19. The summed E-state index contributed by atoms with van der Waals surface area (Å²) in [5.74, 6) is -3.35. The van der Waals surface area contributed by atoms with Crippen LogP contribution in [0.3, 0.4) is 0 Å². The predicted octanol–water partition coefficient (Wildman–Crippen LogP) is 4.12. The molecule has 0 fully saturated rings. The molecular formula is C19H19F2NO4S. The van der Waals surface area contributed by atoms with E-state index in [2.05, 4.69) is 5.32 Å². The predicted molar refractivity (Wildman–Crippen MR) is 99.2 cm³/mol. The second-order valence-electron chi connectivity index (χ2n) is 5.33. The van der Waals surface area contributed by atoms with Crippen molar-refractivity contribution in [2.24, 2.45) is 0 Å². The van der Waals surface area contributed by atoms with Crippen molar-refractivity contribution in [3.8, 4) is 5.75 Å². The van der Waals surface area contributed by atoms with Crippen LogP contribution in [0.5, 0.6) is 5.75 Å². The van der Waals surface area contributed by atoms with Crippen molar-refractivity contribution in [2.75, 3.05) is 18.5 Å². The minimum absolute atomic E-state index is 0.228. The van der Waals surface area contributed by atoms with E-state index < -0.39 is 24.2 Å². The van der Waals surface area contributed by atoms with Crippen molar-refractivity contribution in [2.45, 2.75) is 24.0 Å². The number of nitrogens with one attached hydrogen (secondary N) is 1. The lowest BCUT2D eigenvalue weighted by Crippen LogP contribution is -2.24. The molecule has 0 aliphatic carbocycles. The van der Waals surface area contributed by atoms with Gasteiger partial charge in [0.2, 0.25) is 0 Å². The van der Waals surface area contributed by atoms with Crippen molar-refractivity contribution in [3.63, 3.8) is 0 Å². The summed E-state index contributed by atoms with van der Waals surface area (Å²) in [6.45, 7) is 1.10. The summed E-state index contributed by atoms with van der Waals surface area (Å²) in [4.78, 5) is 23.9. The molecule has 1 amide bonds. The molecular weight excluding hydrogens is 376 g/mol. The van der Waals surface area contributed by atoms with E-state index in [1.807, 2.05) is 19.1 Å². The quantitative estimate of drug-likeness (QED) is 0.511. The first-order valence-corrected chi connectivity index (χ1v) is 9.07. The Hall–Kier alpha value is -2.61. The Labute approximate surface area is 160 Å². The Bertz CT molecular complexity index is 786. The van der Waals surface area contributed by atoms with Gasteiger partial charge in [-0.3, -0.25) is 4.79 Å². The molecule has 0 spiro atoms. The second kappa shape index (κ2) is 10.5. The molecule has 144 valence electrons. The molecule has 27 heavy (non-hydrogen) atoms. The average Bonchev–Trinajstić information content (AvgIpc) is 2.66. The molecule has 5 nitrogen and oxygen atoms in total. The highest BCUT2D eigenvalue weighted by Gasteiger charge is 2.13. The fraction of sp³-hybridized carbons (Fsp3) is 0.263. The van der Waals surface area contributed by atoms with Gasteiger partial charge in [0.1, 0.15) is 5.75 Å². The minimum Gasteiger partial charge on any atom is -0.482 e. The Morgan fingerprint density at radius 3 is 2.52 bits per heavy atom. The molecule has 0 unspecified atom stereocenters. The summed E-state index contributed by atoms with van der Waals surface area (Å²) >= 11 is 0.325. The van der Waals surface area contributed by atoms with Gasteiger partial charge in [0.05, 0.1) is 5.69 Å². The number of amides is 1. The van der Waals surface area contributed by atoms with E-state index in [-0.39, 0.29) is 17.2 Å². The van der Waals surface area contributed by atoms with Gasteiger partial charge in [-0.2, -0.15) is 8.78 Å². The highest BCUT2D eigenvalue weighted by molar-refractivity contribution is 7.99. The Balaban J connectivity index is 1.81. The highest BCUT2D eigenvalue weighted by atomic mass is 32.2. The number of hydrogen-bond acceptors (Lipinski definition) is 5. The normalized spacial score (nSPS) is 10.5. The van der Waals surface area contributed by atoms with Gasteiger partial charge in [0.15, 0.2) is 13.2 Å². The van der Waals surface area contributed by atoms with E-state index in [1.165, 1.54) is 12.1 Å². The third-order valence-corrected chi connectivity index (χ3v) is 4.23. The van der Waals surface area contributed by atoms with Crippen molar-refractivity contribution >= 4 is 29.3 Å². The molecule has 0 aliphatic rings. The molecule has 2 rings (SSSR count). The molecule has 0 heterocycles. The first-order valence-electron chi connectivity index (χ1n) is 8.19. The molecule has 0 bridgehead atoms. The highest BCUT2D eigenvalue weighted by Crippen LogP contribution is 2.31. The fourth-order valence-electron chi connectivity index (χ4n) is 2.22. The SMILES string of the molecule is CCc1ccccc1OCC(=O)OCC(=O)Nc1ccccc1SC(F)F. The van der Waals surface area contributed by atoms with Gasteiger partial charge in [0.25, 0.3) is 11.7 Å². The summed E-state index contributed by atoms with van der Waals surface area (Å²) in [7, 11) is 0. The maximum absolute atomic E-state index is 12.5. The first-order chi connectivity index (χ1) is 13.0. The van der Waals surface area contributed by atoms with Gasteiger partial charge >= 0.3 is 5.97 Å². The molecule has 2 aromatic rings. The van der Waals surface area contributed by atoms with Crippen LogP contribution < -0.4 is 10.1 Å². The molecule has 0 aliphatic heterocycles. The summed E-state index contributed by atoms with van der Waals surface area (Å²) < 4.78 is 35.3. The van der Waals surface area contributed by atoms with Crippen LogP contribution in [0.1, 0.15) is 12.5 Å². The average molecular weight is 395 g/mol. The van der Waals surface area contributed by atoms with E-state index in [9.17, 15) is 18.4 Å². The largest absolute Gasteiger partial charge is 0.482 e. The zero-order valence-electron chi connectivity index (χ0n) is 14.6. The van der Waals surface area contributed by atoms with Crippen LogP contribution in [0.25, 0.3) is 0 Å². The Morgan fingerprint density at radius 2 is 1.78 bits per heavy atom. The topological polar surface area (TPSA) is 64.6 Å². The number of carbonyl (C=O) groups is 2. The standard InChI is InChI=1S/C19H19F2NO4S/c1-2-13-7-3-5-9-15(13)25-12-18(24)26-11-17(23)22-14-8-4-6-10-16(14)27-19(20)21/h3-10,19H,2,11-12H2,1H3,(H,22,23). The summed E-state index contributed by atoms with van der Waals surface area (Å²) in [5, 5.41) is 2.45. The van der Waals surface area contributed by atoms with Crippen molar-refractivity contribution in [3.05, 3.63) is 54.1 Å². The van der Waals surface area contributed by atoms with Crippen molar-refractivity contribution in [1.29, 1.82) is 0 Å². The molecule has 0 saturated heterocycles. The van der Waals surface area contributed by atoms with Gasteiger partial charge in [-0.15, -0.1) is 0 Å². The van der Waals surface area contributed by atoms with Gasteiger partial charge in [0, 0.05) is 4.90 Å². The van der Waals surface area contributed by atoms with Gasteiger partial charge in [-0.1, -0.05) is 49.0 Å². The zero-order chi connectivity index (χ0) is 19.6. The number of aryl methyl sites for hydroxylation is 1. The molecule has 2 aromatic carbocycles. The van der Waals surface area contributed by atoms with E-state index >= 15 is 0 Å². The van der Waals surface area contributed by atoms with Crippen molar-refractivity contribution in [1.82, 2.24) is 0 Å². The number of para-hydroxylation sites is 2. The number of hydrogen-bond donors (Lipinski definition) is 1. The smallest absolute Gasteiger partial charge is 0.344 e. The van der Waals surface area contributed by atoms with Crippen LogP contribution >= 0.6 is 11.8 Å². The van der Waals surface area contributed by atoms with Crippen LogP contribution in [0, 0.1) is 0 Å². The number of carbonyl (C=O) groups excluding carboxylic acids is 2. The second-order valence-corrected chi connectivity index (χ2v) is 6.37. The number of rotatable bonds is 9. The lowest BCUT2D eigenvalue weighted by molar-refractivity contribution is -0.149.